The summed E-state index contributed by atoms with van der Waals surface area (Å²) >= 11 is 0. The number of nitrogens with one attached hydrogen (secondary N) is 2. The van der Waals surface area contributed by atoms with Gasteiger partial charge in [-0.15, -0.1) is 0 Å². The van der Waals surface area contributed by atoms with Crippen molar-refractivity contribution in [2.24, 2.45) is 11.8 Å². The van der Waals surface area contributed by atoms with E-state index in [4.69, 9.17) is 0 Å². The number of anilines is 2. The zero-order valence-corrected chi connectivity index (χ0v) is 13.0. The van der Waals surface area contributed by atoms with Crippen LogP contribution in [0.1, 0.15) is 45.6 Å². The maximum absolute atomic E-state index is 11.5. The summed E-state index contributed by atoms with van der Waals surface area (Å²) in [6.07, 6.45) is 3.01. The van der Waals surface area contributed by atoms with Crippen LogP contribution in [0.5, 0.6) is 0 Å². The quantitative estimate of drug-likeness (QED) is 0.845. The van der Waals surface area contributed by atoms with Crippen LogP contribution in [0, 0.1) is 18.8 Å². The number of carbonyl (C=O) groups excluding carboxylic acids is 1. The van der Waals surface area contributed by atoms with Crippen molar-refractivity contribution in [3.8, 4) is 0 Å². The molecule has 1 saturated carbocycles. The summed E-state index contributed by atoms with van der Waals surface area (Å²) in [5, 5.41) is 6.53. The number of carbonyl (C=O) groups is 1. The zero-order valence-electron chi connectivity index (χ0n) is 13.0. The van der Waals surface area contributed by atoms with Crippen molar-refractivity contribution in [3.05, 3.63) is 23.8 Å². The van der Waals surface area contributed by atoms with Crippen molar-refractivity contribution in [1.82, 2.24) is 0 Å². The molecular weight excluding hydrogens is 248 g/mol. The lowest BCUT2D eigenvalue weighted by molar-refractivity contribution is -0.115. The third kappa shape index (κ3) is 3.53. The van der Waals surface area contributed by atoms with Crippen LogP contribution in [0.3, 0.4) is 0 Å². The van der Waals surface area contributed by atoms with E-state index in [1.807, 2.05) is 19.1 Å². The smallest absolute Gasteiger partial charge is 0.224 e. The van der Waals surface area contributed by atoms with Crippen LogP contribution >= 0.6 is 0 Å². The molecule has 3 nitrogen and oxygen atoms in total. The van der Waals surface area contributed by atoms with E-state index in [0.29, 0.717) is 12.5 Å². The largest absolute Gasteiger partial charge is 0.382 e. The van der Waals surface area contributed by atoms with Gasteiger partial charge in [0, 0.05) is 23.8 Å². The molecular formula is C17H26N2O. The van der Waals surface area contributed by atoms with Gasteiger partial charge in [-0.05, 0) is 49.3 Å². The SMILES string of the molecule is CCC(=O)Nc1ccc(C)c(NC2CC(C(C)C)C2)c1. The highest BCUT2D eigenvalue weighted by Gasteiger charge is 2.31. The second-order valence-corrected chi connectivity index (χ2v) is 6.25. The summed E-state index contributed by atoms with van der Waals surface area (Å²) < 4.78 is 0. The van der Waals surface area contributed by atoms with Crippen molar-refractivity contribution in [3.63, 3.8) is 0 Å². The van der Waals surface area contributed by atoms with Crippen molar-refractivity contribution in [2.45, 2.75) is 53.0 Å². The van der Waals surface area contributed by atoms with Gasteiger partial charge in [0.1, 0.15) is 0 Å². The summed E-state index contributed by atoms with van der Waals surface area (Å²) in [4.78, 5) is 11.5. The van der Waals surface area contributed by atoms with Crippen LogP contribution in [0.4, 0.5) is 11.4 Å². The second-order valence-electron chi connectivity index (χ2n) is 6.25. The van der Waals surface area contributed by atoms with Gasteiger partial charge >= 0.3 is 0 Å². The first-order valence-corrected chi connectivity index (χ1v) is 7.66. The molecule has 1 aliphatic rings. The highest BCUT2D eigenvalue weighted by Crippen LogP contribution is 2.36. The van der Waals surface area contributed by atoms with E-state index in [-0.39, 0.29) is 5.91 Å². The molecule has 20 heavy (non-hydrogen) atoms. The third-order valence-corrected chi connectivity index (χ3v) is 4.32. The van der Waals surface area contributed by atoms with Crippen LogP contribution in [0.25, 0.3) is 0 Å². The molecule has 0 aromatic heterocycles. The minimum atomic E-state index is 0.0586. The van der Waals surface area contributed by atoms with Gasteiger partial charge < -0.3 is 10.6 Å². The third-order valence-electron chi connectivity index (χ3n) is 4.32. The first-order valence-electron chi connectivity index (χ1n) is 7.66. The van der Waals surface area contributed by atoms with E-state index in [2.05, 4.69) is 37.5 Å². The summed E-state index contributed by atoms with van der Waals surface area (Å²) in [7, 11) is 0. The summed E-state index contributed by atoms with van der Waals surface area (Å²) in [5.74, 6) is 1.70. The van der Waals surface area contributed by atoms with Gasteiger partial charge in [0.25, 0.3) is 0 Å². The van der Waals surface area contributed by atoms with E-state index >= 15 is 0 Å². The van der Waals surface area contributed by atoms with Gasteiger partial charge in [-0.25, -0.2) is 0 Å². The number of hydrogen-bond acceptors (Lipinski definition) is 2. The monoisotopic (exact) mass is 274 g/mol. The van der Waals surface area contributed by atoms with E-state index in [1.54, 1.807) is 0 Å². The molecule has 0 bridgehead atoms. The van der Waals surface area contributed by atoms with Crippen LogP contribution in [-0.4, -0.2) is 11.9 Å². The Hall–Kier alpha value is -1.51. The standard InChI is InChI=1S/C17H26N2O/c1-5-17(20)19-14-7-6-12(4)16(10-14)18-15-8-13(9-15)11(2)3/h6-7,10-11,13,15,18H,5,8-9H2,1-4H3,(H,19,20). The molecule has 0 atom stereocenters. The molecule has 1 fully saturated rings. The van der Waals surface area contributed by atoms with Crippen molar-refractivity contribution >= 4 is 17.3 Å². The number of hydrogen-bond donors (Lipinski definition) is 2. The number of aryl methyl sites for hydroxylation is 1. The van der Waals surface area contributed by atoms with Gasteiger partial charge in [0.2, 0.25) is 5.91 Å². The first kappa shape index (κ1) is 14.9. The van der Waals surface area contributed by atoms with Gasteiger partial charge in [-0.1, -0.05) is 26.8 Å². The average Bonchev–Trinajstić information content (AvgIpc) is 2.36. The average molecular weight is 274 g/mol. The Bertz CT molecular complexity index is 476. The minimum Gasteiger partial charge on any atom is -0.382 e. The zero-order chi connectivity index (χ0) is 14.7. The predicted octanol–water partition coefficient (Wildman–Crippen LogP) is 4.19. The molecule has 0 heterocycles. The summed E-state index contributed by atoms with van der Waals surface area (Å²) in [6.45, 7) is 8.57. The van der Waals surface area contributed by atoms with Crippen LogP contribution in [0.15, 0.2) is 18.2 Å². The molecule has 0 unspecified atom stereocenters. The molecule has 1 aliphatic carbocycles. The summed E-state index contributed by atoms with van der Waals surface area (Å²) in [5.41, 5.74) is 3.25. The lowest BCUT2D eigenvalue weighted by Gasteiger charge is -2.39. The van der Waals surface area contributed by atoms with Crippen molar-refractivity contribution in [2.75, 3.05) is 10.6 Å². The molecule has 1 amide bonds. The molecule has 1 aromatic rings. The fraction of sp³-hybridized carbons (Fsp3) is 0.588. The lowest BCUT2D eigenvalue weighted by atomic mass is 9.73. The minimum absolute atomic E-state index is 0.0586. The molecule has 0 saturated heterocycles. The Kier molecular flexibility index (Phi) is 4.69. The fourth-order valence-corrected chi connectivity index (χ4v) is 2.65. The topological polar surface area (TPSA) is 41.1 Å². The number of amides is 1. The highest BCUT2D eigenvalue weighted by molar-refractivity contribution is 5.91. The predicted molar refractivity (Wildman–Crippen MR) is 85.1 cm³/mol. The lowest BCUT2D eigenvalue weighted by Crippen LogP contribution is -2.38. The Labute approximate surface area is 122 Å². The highest BCUT2D eigenvalue weighted by atomic mass is 16.1. The van der Waals surface area contributed by atoms with Crippen molar-refractivity contribution in [1.29, 1.82) is 0 Å². The van der Waals surface area contributed by atoms with Gasteiger partial charge in [0.15, 0.2) is 0 Å². The molecule has 0 spiro atoms. The number of benzene rings is 1. The molecule has 0 radical (unpaired) electrons. The number of rotatable bonds is 5. The molecule has 2 rings (SSSR count). The molecule has 1 aromatic carbocycles. The van der Waals surface area contributed by atoms with E-state index in [0.717, 1.165) is 23.2 Å². The Morgan fingerprint density at radius 3 is 2.65 bits per heavy atom. The maximum atomic E-state index is 11.5. The molecule has 3 heteroatoms. The first-order chi connectivity index (χ1) is 9.49. The normalized spacial score (nSPS) is 21.4. The molecule has 0 aliphatic heterocycles. The maximum Gasteiger partial charge on any atom is 0.224 e. The Morgan fingerprint density at radius 1 is 1.35 bits per heavy atom. The van der Waals surface area contributed by atoms with Crippen LogP contribution in [0.2, 0.25) is 0 Å². The van der Waals surface area contributed by atoms with Crippen LogP contribution in [-0.2, 0) is 4.79 Å². The molecule has 2 N–H and O–H groups in total. The van der Waals surface area contributed by atoms with E-state index in [9.17, 15) is 4.79 Å². The van der Waals surface area contributed by atoms with E-state index < -0.39 is 0 Å². The molecule has 110 valence electrons. The van der Waals surface area contributed by atoms with Gasteiger partial charge in [0.05, 0.1) is 0 Å². The fourth-order valence-electron chi connectivity index (χ4n) is 2.65. The van der Waals surface area contributed by atoms with Gasteiger partial charge in [-0.2, -0.15) is 0 Å². The Balaban J connectivity index is 1.97. The summed E-state index contributed by atoms with van der Waals surface area (Å²) in [6, 6.07) is 6.65. The van der Waals surface area contributed by atoms with Gasteiger partial charge in [-0.3, -0.25) is 4.79 Å². The van der Waals surface area contributed by atoms with E-state index in [1.165, 1.54) is 18.4 Å². The Morgan fingerprint density at radius 2 is 2.05 bits per heavy atom. The van der Waals surface area contributed by atoms with Crippen LogP contribution < -0.4 is 10.6 Å². The van der Waals surface area contributed by atoms with Crippen molar-refractivity contribution < 1.29 is 4.79 Å². The second kappa shape index (κ2) is 6.29.